The highest BCUT2D eigenvalue weighted by Crippen LogP contribution is 2.43. The van der Waals surface area contributed by atoms with Crippen molar-refractivity contribution in [2.75, 3.05) is 21.0 Å². The van der Waals surface area contributed by atoms with Crippen LogP contribution in [0.4, 0.5) is 0 Å². The molecule has 2 heterocycles. The molecule has 0 radical (unpaired) electrons. The zero-order chi connectivity index (χ0) is 27.9. The van der Waals surface area contributed by atoms with Crippen molar-refractivity contribution in [3.63, 3.8) is 0 Å². The summed E-state index contributed by atoms with van der Waals surface area (Å²) in [5, 5.41) is 11.6. The molecule has 1 saturated heterocycles. The van der Waals surface area contributed by atoms with Gasteiger partial charge in [-0.15, -0.1) is 0 Å². The maximum Gasteiger partial charge on any atom is 0.295 e. The van der Waals surface area contributed by atoms with E-state index in [9.17, 15) is 14.7 Å². The summed E-state index contributed by atoms with van der Waals surface area (Å²) in [7, 11) is 3.16. The second kappa shape index (κ2) is 10.0. The summed E-state index contributed by atoms with van der Waals surface area (Å²) in [5.74, 6) is 0.836. The Morgan fingerprint density at radius 1 is 0.949 bits per heavy atom. The van der Waals surface area contributed by atoms with Gasteiger partial charge in [0, 0.05) is 17.7 Å². The Kier molecular flexibility index (Phi) is 6.72. The fourth-order valence-corrected chi connectivity index (χ4v) is 5.01. The molecule has 202 valence electrons. The van der Waals surface area contributed by atoms with Gasteiger partial charge in [0.2, 0.25) is 6.79 Å². The van der Waals surface area contributed by atoms with Crippen LogP contribution < -0.4 is 18.9 Å². The molecule has 39 heavy (non-hydrogen) atoms. The highest BCUT2D eigenvalue weighted by atomic mass is 16.7. The Balaban J connectivity index is 1.63. The summed E-state index contributed by atoms with van der Waals surface area (Å²) in [6, 6.07) is 17.0. The predicted octanol–water partition coefficient (Wildman–Crippen LogP) is 5.35. The minimum Gasteiger partial charge on any atom is -0.507 e. The van der Waals surface area contributed by atoms with E-state index in [2.05, 4.69) is 0 Å². The molecule has 1 amide bonds. The third-order valence-corrected chi connectivity index (χ3v) is 7.04. The number of carbonyl (C=O) groups excluding carboxylic acids is 2. The molecule has 3 aromatic carbocycles. The van der Waals surface area contributed by atoms with E-state index in [0.717, 1.165) is 11.1 Å². The van der Waals surface area contributed by atoms with Crippen LogP contribution in [-0.4, -0.2) is 42.7 Å². The lowest BCUT2D eigenvalue weighted by Crippen LogP contribution is -2.29. The maximum absolute atomic E-state index is 13.5. The number of aliphatic hydroxyl groups excluding tert-OH is 1. The number of amides is 1. The molecule has 3 aromatic rings. The van der Waals surface area contributed by atoms with Crippen LogP contribution in [0.5, 0.6) is 23.0 Å². The van der Waals surface area contributed by atoms with Gasteiger partial charge < -0.3 is 29.0 Å². The van der Waals surface area contributed by atoms with Crippen molar-refractivity contribution < 1.29 is 33.6 Å². The van der Waals surface area contributed by atoms with Gasteiger partial charge in [-0.1, -0.05) is 39.0 Å². The summed E-state index contributed by atoms with van der Waals surface area (Å²) in [6.07, 6.45) is 0. The van der Waals surface area contributed by atoms with Crippen molar-refractivity contribution in [3.8, 4) is 23.0 Å². The molecule has 2 aliphatic heterocycles. The number of hydrogen-bond donors (Lipinski definition) is 1. The van der Waals surface area contributed by atoms with Crippen LogP contribution in [0.25, 0.3) is 5.76 Å². The number of carbonyl (C=O) groups is 2. The molecule has 2 aliphatic rings. The third-order valence-electron chi connectivity index (χ3n) is 7.04. The smallest absolute Gasteiger partial charge is 0.295 e. The number of likely N-dealkylation sites (tertiary alicyclic amines) is 1. The molecule has 1 unspecified atom stereocenters. The molecule has 8 nitrogen and oxygen atoms in total. The first kappa shape index (κ1) is 26.2. The van der Waals surface area contributed by atoms with Gasteiger partial charge >= 0.3 is 0 Å². The zero-order valence-electron chi connectivity index (χ0n) is 22.6. The van der Waals surface area contributed by atoms with E-state index in [1.165, 1.54) is 4.90 Å². The zero-order valence-corrected chi connectivity index (χ0v) is 22.6. The highest BCUT2D eigenvalue weighted by Gasteiger charge is 2.46. The van der Waals surface area contributed by atoms with Gasteiger partial charge in [-0.2, -0.15) is 0 Å². The van der Waals surface area contributed by atoms with Gasteiger partial charge in [0.05, 0.1) is 25.8 Å². The molecule has 0 spiro atoms. The number of ether oxygens (including phenoxy) is 4. The van der Waals surface area contributed by atoms with Crippen LogP contribution in [0.3, 0.4) is 0 Å². The Morgan fingerprint density at radius 2 is 1.67 bits per heavy atom. The number of hydrogen-bond acceptors (Lipinski definition) is 7. The second-order valence-corrected chi connectivity index (χ2v) is 10.6. The minimum absolute atomic E-state index is 0.0240. The fourth-order valence-electron chi connectivity index (χ4n) is 5.01. The number of rotatable bonds is 6. The Bertz CT molecular complexity index is 1470. The first-order valence-corrected chi connectivity index (χ1v) is 12.6. The second-order valence-electron chi connectivity index (χ2n) is 10.6. The average Bonchev–Trinajstić information content (AvgIpc) is 3.50. The van der Waals surface area contributed by atoms with Crippen molar-refractivity contribution in [3.05, 3.63) is 88.5 Å². The molecule has 8 heteroatoms. The van der Waals surface area contributed by atoms with Crippen LogP contribution in [0.2, 0.25) is 0 Å². The summed E-state index contributed by atoms with van der Waals surface area (Å²) in [5.41, 5.74) is 2.46. The maximum atomic E-state index is 13.5. The van der Waals surface area contributed by atoms with Gasteiger partial charge in [0.25, 0.3) is 11.7 Å². The monoisotopic (exact) mass is 529 g/mol. The number of aliphatic hydroxyl groups is 1. The van der Waals surface area contributed by atoms with Gasteiger partial charge in [-0.3, -0.25) is 9.59 Å². The minimum atomic E-state index is -0.818. The van der Waals surface area contributed by atoms with Crippen LogP contribution in [-0.2, 0) is 21.5 Å². The van der Waals surface area contributed by atoms with Crippen molar-refractivity contribution in [2.24, 2.45) is 0 Å². The SMILES string of the molecule is COc1ccc(C2/C(=C(\O)c3ccc(OC)c(C(C)(C)C)c3)C(=O)C(=O)N2Cc2ccc3c(c2)OCO3)cc1. The fraction of sp³-hybridized carbons (Fsp3) is 0.290. The first-order chi connectivity index (χ1) is 18.6. The molecule has 1 fully saturated rings. The number of ketones is 1. The van der Waals surface area contributed by atoms with E-state index in [1.807, 2.05) is 32.9 Å². The highest BCUT2D eigenvalue weighted by molar-refractivity contribution is 6.46. The number of nitrogens with zero attached hydrogens (tertiary/aromatic N) is 1. The molecular weight excluding hydrogens is 498 g/mol. The molecule has 5 rings (SSSR count). The Morgan fingerprint density at radius 3 is 2.33 bits per heavy atom. The Hall–Kier alpha value is -4.46. The molecule has 0 bridgehead atoms. The predicted molar refractivity (Wildman–Crippen MR) is 145 cm³/mol. The molecule has 1 atom stereocenters. The Labute approximate surface area is 227 Å². The summed E-state index contributed by atoms with van der Waals surface area (Å²) < 4.78 is 21.7. The van der Waals surface area contributed by atoms with Gasteiger partial charge in [0.1, 0.15) is 17.3 Å². The molecule has 0 aromatic heterocycles. The summed E-state index contributed by atoms with van der Waals surface area (Å²) >= 11 is 0. The van der Waals surface area contributed by atoms with E-state index in [-0.39, 0.29) is 30.1 Å². The number of fused-ring (bicyclic) bond motifs is 1. The van der Waals surface area contributed by atoms with E-state index in [1.54, 1.807) is 62.8 Å². The molecule has 0 aliphatic carbocycles. The van der Waals surface area contributed by atoms with Crippen molar-refractivity contribution in [1.82, 2.24) is 4.90 Å². The third kappa shape index (κ3) is 4.78. The quantitative estimate of drug-likeness (QED) is 0.261. The molecular formula is C31H31NO7. The van der Waals surface area contributed by atoms with Crippen LogP contribution in [0.15, 0.2) is 66.2 Å². The largest absolute Gasteiger partial charge is 0.507 e. The average molecular weight is 530 g/mol. The van der Waals surface area contributed by atoms with Gasteiger partial charge in [0.15, 0.2) is 11.5 Å². The topological polar surface area (TPSA) is 94.5 Å². The van der Waals surface area contributed by atoms with E-state index < -0.39 is 17.7 Å². The summed E-state index contributed by atoms with van der Waals surface area (Å²) in [6.45, 7) is 6.38. The van der Waals surface area contributed by atoms with Crippen molar-refractivity contribution in [2.45, 2.75) is 38.8 Å². The number of methoxy groups -OCH3 is 2. The van der Waals surface area contributed by atoms with Crippen LogP contribution in [0, 0.1) is 0 Å². The van der Waals surface area contributed by atoms with E-state index in [0.29, 0.717) is 34.1 Å². The normalized spacial score (nSPS) is 18.0. The van der Waals surface area contributed by atoms with Crippen LogP contribution >= 0.6 is 0 Å². The molecule has 1 N–H and O–H groups in total. The van der Waals surface area contributed by atoms with Crippen LogP contribution in [0.1, 0.15) is 49.1 Å². The lowest BCUT2D eigenvalue weighted by molar-refractivity contribution is -0.140. The van der Waals surface area contributed by atoms with Gasteiger partial charge in [-0.25, -0.2) is 0 Å². The van der Waals surface area contributed by atoms with Crippen molar-refractivity contribution in [1.29, 1.82) is 0 Å². The number of Topliss-reactive ketones (excluding diaryl/α,β-unsaturated/α-hetero) is 1. The van der Waals surface area contributed by atoms with E-state index >= 15 is 0 Å². The standard InChI is InChI=1S/C31H31NO7/c1-31(2,3)22-15-20(9-13-23(22)37-5)28(33)26-27(19-7-10-21(36-4)11-8-19)32(30(35)29(26)34)16-18-6-12-24-25(14-18)39-17-38-24/h6-15,27,33H,16-17H2,1-5H3/b28-26+. The lowest BCUT2D eigenvalue weighted by atomic mass is 9.84. The van der Waals surface area contributed by atoms with Crippen molar-refractivity contribution >= 4 is 17.4 Å². The molecule has 0 saturated carbocycles. The summed E-state index contributed by atoms with van der Waals surface area (Å²) in [4.78, 5) is 28.4. The first-order valence-electron chi connectivity index (χ1n) is 12.6. The lowest BCUT2D eigenvalue weighted by Gasteiger charge is -2.26. The van der Waals surface area contributed by atoms with E-state index in [4.69, 9.17) is 18.9 Å². The number of benzene rings is 3. The van der Waals surface area contributed by atoms with Gasteiger partial charge in [-0.05, 0) is 59.0 Å².